The Morgan fingerprint density at radius 2 is 1.79 bits per heavy atom. The maximum atomic E-state index is 13.3. The smallest absolute Gasteiger partial charge is 0.285 e. The highest BCUT2D eigenvalue weighted by Crippen LogP contribution is 2.19. The summed E-state index contributed by atoms with van der Waals surface area (Å²) in [6.45, 7) is 3.29. The molecular weight excluding hydrogens is 302 g/mol. The minimum atomic E-state index is -0.232. The van der Waals surface area contributed by atoms with Crippen molar-refractivity contribution in [3.63, 3.8) is 0 Å². The van der Waals surface area contributed by atoms with E-state index < -0.39 is 0 Å². The van der Waals surface area contributed by atoms with Gasteiger partial charge in [-0.1, -0.05) is 30.3 Å². The predicted octanol–water partition coefficient (Wildman–Crippen LogP) is 0.520. The summed E-state index contributed by atoms with van der Waals surface area (Å²) in [5, 5.41) is 0. The molecule has 5 heteroatoms. The molecule has 3 atom stereocenters. The number of likely N-dealkylation sites (tertiary alicyclic amines) is 2. The number of carbonyl (C=O) groups is 2. The zero-order valence-electron chi connectivity index (χ0n) is 14.2. The molecule has 24 heavy (non-hydrogen) atoms. The number of hydrogen-bond donors (Lipinski definition) is 2. The van der Waals surface area contributed by atoms with E-state index in [1.807, 2.05) is 35.2 Å². The summed E-state index contributed by atoms with van der Waals surface area (Å²) in [6.07, 6.45) is 5.18. The summed E-state index contributed by atoms with van der Waals surface area (Å²) in [6, 6.07) is 9.80. The Hall–Kier alpha value is -1.88. The lowest BCUT2D eigenvalue weighted by Gasteiger charge is -2.37. The van der Waals surface area contributed by atoms with Gasteiger partial charge in [-0.2, -0.15) is 0 Å². The molecule has 2 aliphatic rings. The Bertz CT molecular complexity index is 569. The van der Waals surface area contributed by atoms with Crippen molar-refractivity contribution in [2.45, 2.75) is 38.1 Å². The maximum Gasteiger partial charge on any atom is 0.285 e. The number of primary amides is 1. The molecule has 0 spiro atoms. The average Bonchev–Trinajstić information content (AvgIpc) is 2.64. The summed E-state index contributed by atoms with van der Waals surface area (Å²) in [4.78, 5) is 28.1. The lowest BCUT2D eigenvalue weighted by molar-refractivity contribution is -0.929. The number of piperidine rings is 2. The third-order valence-electron chi connectivity index (χ3n) is 5.42. The second-order valence-electron chi connectivity index (χ2n) is 7.08. The molecule has 0 bridgehead atoms. The normalized spacial score (nSPS) is 25.9. The van der Waals surface area contributed by atoms with Crippen LogP contribution in [0.4, 0.5) is 0 Å². The summed E-state index contributed by atoms with van der Waals surface area (Å²) < 4.78 is 0. The van der Waals surface area contributed by atoms with Crippen LogP contribution in [0.1, 0.15) is 43.7 Å². The molecule has 0 saturated carbocycles. The number of nitrogens with one attached hydrogen (secondary N) is 1. The van der Waals surface area contributed by atoms with Gasteiger partial charge in [0.1, 0.15) is 0 Å². The number of hydrogen-bond acceptors (Lipinski definition) is 2. The monoisotopic (exact) mass is 330 g/mol. The molecule has 2 heterocycles. The van der Waals surface area contributed by atoms with E-state index in [1.165, 1.54) is 11.3 Å². The zero-order chi connectivity index (χ0) is 16.9. The standard InChI is InChI=1S/C19H27N3O2/c20-18(23)16-10-7-13-22(14-16)17(15-8-3-1-4-9-15)19(24)21-11-5-2-6-12-21/h1,3-4,8-9,16-17H,2,5-7,10-14H2,(H2,20,23)/p+1/t16-,17+/m0/s1. The van der Waals surface area contributed by atoms with Gasteiger partial charge in [-0.15, -0.1) is 0 Å². The van der Waals surface area contributed by atoms with Gasteiger partial charge in [-0.3, -0.25) is 9.59 Å². The molecule has 2 amide bonds. The van der Waals surface area contributed by atoms with E-state index in [1.54, 1.807) is 0 Å². The van der Waals surface area contributed by atoms with Gasteiger partial charge in [-0.05, 0) is 32.1 Å². The van der Waals surface area contributed by atoms with Crippen molar-refractivity contribution in [1.29, 1.82) is 0 Å². The van der Waals surface area contributed by atoms with E-state index in [0.29, 0.717) is 6.54 Å². The Labute approximate surface area is 143 Å². The van der Waals surface area contributed by atoms with E-state index in [0.717, 1.165) is 50.9 Å². The third kappa shape index (κ3) is 3.78. The van der Waals surface area contributed by atoms with Crippen molar-refractivity contribution in [2.75, 3.05) is 26.2 Å². The quantitative estimate of drug-likeness (QED) is 0.845. The fraction of sp³-hybridized carbons (Fsp3) is 0.579. The topological polar surface area (TPSA) is 67.8 Å². The molecule has 2 fully saturated rings. The molecule has 130 valence electrons. The van der Waals surface area contributed by atoms with E-state index in [2.05, 4.69) is 0 Å². The molecular formula is C19H28N3O2+. The highest BCUT2D eigenvalue weighted by atomic mass is 16.2. The van der Waals surface area contributed by atoms with Crippen LogP contribution in [-0.4, -0.2) is 42.9 Å². The Morgan fingerprint density at radius 1 is 1.08 bits per heavy atom. The lowest BCUT2D eigenvalue weighted by Crippen LogP contribution is -3.15. The molecule has 3 rings (SSSR count). The van der Waals surface area contributed by atoms with Gasteiger partial charge in [0.05, 0.1) is 19.0 Å². The van der Waals surface area contributed by atoms with Crippen molar-refractivity contribution in [2.24, 2.45) is 11.7 Å². The van der Waals surface area contributed by atoms with Crippen LogP contribution in [0, 0.1) is 5.92 Å². The van der Waals surface area contributed by atoms with Crippen molar-refractivity contribution < 1.29 is 14.5 Å². The van der Waals surface area contributed by atoms with Gasteiger partial charge in [0.2, 0.25) is 5.91 Å². The van der Waals surface area contributed by atoms with E-state index >= 15 is 0 Å². The summed E-state index contributed by atoms with van der Waals surface area (Å²) in [5.74, 6) is -0.139. The Kier molecular flexibility index (Phi) is 5.51. The van der Waals surface area contributed by atoms with Crippen LogP contribution in [0.3, 0.4) is 0 Å². The Balaban J connectivity index is 1.84. The van der Waals surface area contributed by atoms with Crippen molar-refractivity contribution >= 4 is 11.8 Å². The SMILES string of the molecule is NC(=O)[C@H]1CCC[NH+]([C@@H](C(=O)N2CCCCC2)c2ccccc2)C1. The van der Waals surface area contributed by atoms with E-state index in [9.17, 15) is 9.59 Å². The number of rotatable bonds is 4. The molecule has 0 aliphatic carbocycles. The van der Waals surface area contributed by atoms with Crippen LogP contribution in [0.2, 0.25) is 0 Å². The Morgan fingerprint density at radius 3 is 2.46 bits per heavy atom. The van der Waals surface area contributed by atoms with Crippen molar-refractivity contribution in [3.8, 4) is 0 Å². The van der Waals surface area contributed by atoms with Crippen LogP contribution in [-0.2, 0) is 9.59 Å². The predicted molar refractivity (Wildman–Crippen MR) is 92.2 cm³/mol. The second kappa shape index (κ2) is 7.79. The van der Waals surface area contributed by atoms with Crippen LogP contribution >= 0.6 is 0 Å². The van der Waals surface area contributed by atoms with Crippen LogP contribution in [0.5, 0.6) is 0 Å². The van der Waals surface area contributed by atoms with Gasteiger partial charge in [0, 0.05) is 18.7 Å². The number of amides is 2. The minimum Gasteiger partial charge on any atom is -0.369 e. The van der Waals surface area contributed by atoms with Crippen LogP contribution < -0.4 is 10.6 Å². The fourth-order valence-electron chi connectivity index (χ4n) is 4.10. The zero-order valence-corrected chi connectivity index (χ0v) is 14.2. The minimum absolute atomic E-state index is 0.117. The largest absolute Gasteiger partial charge is 0.369 e. The van der Waals surface area contributed by atoms with Crippen molar-refractivity contribution in [1.82, 2.24) is 4.90 Å². The molecule has 0 aromatic heterocycles. The fourth-order valence-corrected chi connectivity index (χ4v) is 4.10. The first-order valence-electron chi connectivity index (χ1n) is 9.14. The molecule has 5 nitrogen and oxygen atoms in total. The summed E-state index contributed by atoms with van der Waals surface area (Å²) in [5.41, 5.74) is 6.59. The molecule has 1 aromatic rings. The second-order valence-corrected chi connectivity index (χ2v) is 7.08. The molecule has 0 radical (unpaired) electrons. The average molecular weight is 330 g/mol. The van der Waals surface area contributed by atoms with Gasteiger partial charge < -0.3 is 15.5 Å². The number of quaternary nitrogens is 1. The van der Waals surface area contributed by atoms with Gasteiger partial charge in [0.25, 0.3) is 5.91 Å². The highest BCUT2D eigenvalue weighted by molar-refractivity contribution is 5.82. The number of nitrogens with two attached hydrogens (primary N) is 1. The van der Waals surface area contributed by atoms with Gasteiger partial charge >= 0.3 is 0 Å². The molecule has 2 aliphatic heterocycles. The van der Waals surface area contributed by atoms with E-state index in [4.69, 9.17) is 5.73 Å². The van der Waals surface area contributed by atoms with E-state index in [-0.39, 0.29) is 23.8 Å². The maximum absolute atomic E-state index is 13.3. The molecule has 3 N–H and O–H groups in total. The molecule has 2 saturated heterocycles. The van der Waals surface area contributed by atoms with Crippen LogP contribution in [0.25, 0.3) is 0 Å². The van der Waals surface area contributed by atoms with Crippen molar-refractivity contribution in [3.05, 3.63) is 35.9 Å². The van der Waals surface area contributed by atoms with Crippen LogP contribution in [0.15, 0.2) is 30.3 Å². The first-order valence-corrected chi connectivity index (χ1v) is 9.14. The summed E-state index contributed by atoms with van der Waals surface area (Å²) >= 11 is 0. The molecule has 1 unspecified atom stereocenters. The van der Waals surface area contributed by atoms with Gasteiger partial charge in [0.15, 0.2) is 6.04 Å². The highest BCUT2D eigenvalue weighted by Gasteiger charge is 2.39. The number of benzene rings is 1. The lowest BCUT2D eigenvalue weighted by atomic mass is 9.93. The molecule has 1 aromatic carbocycles. The third-order valence-corrected chi connectivity index (χ3v) is 5.42. The first kappa shape index (κ1) is 17.0. The summed E-state index contributed by atoms with van der Waals surface area (Å²) in [7, 11) is 0. The number of nitrogens with zero attached hydrogens (tertiary/aromatic N) is 1. The number of carbonyl (C=O) groups excluding carboxylic acids is 2. The van der Waals surface area contributed by atoms with Gasteiger partial charge in [-0.25, -0.2) is 0 Å². The first-order chi connectivity index (χ1) is 11.7.